The van der Waals surface area contributed by atoms with Crippen LogP contribution in [-0.4, -0.2) is 67.1 Å². The van der Waals surface area contributed by atoms with Crippen molar-refractivity contribution in [3.63, 3.8) is 0 Å². The Kier molecular flexibility index (Phi) is 14.0. The molecule has 16 heteroatoms. The molecule has 0 fully saturated rings. The normalized spacial score (nSPS) is 17.0. The summed E-state index contributed by atoms with van der Waals surface area (Å²) < 4.78 is 40.6. The lowest BCUT2D eigenvalue weighted by molar-refractivity contribution is -0.438. The summed E-state index contributed by atoms with van der Waals surface area (Å²) in [5.41, 5.74) is 12.1. The maximum atomic E-state index is 12.2. The van der Waals surface area contributed by atoms with Crippen LogP contribution in [0.3, 0.4) is 0 Å². The van der Waals surface area contributed by atoms with Gasteiger partial charge in [0, 0.05) is 65.8 Å². The fraction of sp³-hybridized carbons (Fsp3) is 0.417. The molecule has 2 aromatic carbocycles. The zero-order valence-corrected chi connectivity index (χ0v) is 31.9. The van der Waals surface area contributed by atoms with Crippen molar-refractivity contribution < 1.29 is 46.6 Å². The van der Waals surface area contributed by atoms with Crippen LogP contribution in [0.15, 0.2) is 82.3 Å². The molecule has 2 aliphatic heterocycles. The number of amides is 2. The van der Waals surface area contributed by atoms with Crippen molar-refractivity contribution >= 4 is 51.1 Å². The summed E-state index contributed by atoms with van der Waals surface area (Å²) in [6.07, 6.45) is 12.4. The fourth-order valence-corrected chi connectivity index (χ4v) is 7.53. The number of unbranched alkanes of at least 4 members (excludes halogenated alkanes) is 2. The lowest BCUT2D eigenvalue weighted by Gasteiger charge is -2.25. The molecule has 0 unspecified atom stereocenters. The van der Waals surface area contributed by atoms with E-state index in [0.717, 1.165) is 70.2 Å². The fourth-order valence-electron chi connectivity index (χ4n) is 6.62. The van der Waals surface area contributed by atoms with Crippen LogP contribution in [0.4, 0.5) is 11.4 Å². The third kappa shape index (κ3) is 9.56. The standard InChI is InChI=1S/C36H47N5O9S2/c1-7-40-29-19-17-25(51-50-49-44)22-27(29)35(2,3)31(40)14-10-8-11-15-32-36(4,5)28-23-26(52(45,46)47)18-20-30(28)41(32)21-13-9-12-16-33(42)38-39-34(43)24-48-37-6/h8,10-11,14-15,17-20,22-23,37H,7,9,12-13,16,21,24H2,1-6H3,(H3-,38,39,42,43,44,45,46,47)/p+1. The van der Waals surface area contributed by atoms with Crippen molar-refractivity contribution in [2.75, 3.05) is 31.6 Å². The largest absolute Gasteiger partial charge is 0.344 e. The number of hydrazine groups is 1. The number of hydrogen-bond acceptors (Lipinski definition) is 11. The highest BCUT2D eigenvalue weighted by Gasteiger charge is 2.45. The van der Waals surface area contributed by atoms with Gasteiger partial charge in [-0.2, -0.15) is 13.0 Å². The number of carbonyl (C=O) groups excluding carboxylic acids is 2. The molecule has 0 spiro atoms. The van der Waals surface area contributed by atoms with Gasteiger partial charge in [-0.25, -0.2) is 10.7 Å². The predicted octanol–water partition coefficient (Wildman–Crippen LogP) is 5.41. The first-order valence-corrected chi connectivity index (χ1v) is 19.1. The van der Waals surface area contributed by atoms with Crippen LogP contribution < -0.4 is 21.2 Å². The zero-order chi connectivity index (χ0) is 38.1. The van der Waals surface area contributed by atoms with E-state index in [1.165, 1.54) is 19.2 Å². The van der Waals surface area contributed by atoms with Crippen LogP contribution in [0.1, 0.15) is 71.4 Å². The van der Waals surface area contributed by atoms with E-state index in [2.05, 4.69) is 62.0 Å². The minimum absolute atomic E-state index is 0.160. The summed E-state index contributed by atoms with van der Waals surface area (Å²) in [7, 11) is -2.87. The topological polar surface area (TPSA) is 179 Å². The van der Waals surface area contributed by atoms with E-state index in [9.17, 15) is 22.6 Å². The van der Waals surface area contributed by atoms with Gasteiger partial charge in [0.25, 0.3) is 16.0 Å². The Bertz CT molecular complexity index is 1870. The summed E-state index contributed by atoms with van der Waals surface area (Å²) in [5.74, 6) is -0.789. The van der Waals surface area contributed by atoms with E-state index in [-0.39, 0.29) is 29.2 Å². The van der Waals surface area contributed by atoms with Crippen molar-refractivity contribution in [1.29, 1.82) is 0 Å². The van der Waals surface area contributed by atoms with E-state index < -0.39 is 21.4 Å². The molecule has 14 nitrogen and oxygen atoms in total. The van der Waals surface area contributed by atoms with Crippen LogP contribution in [0.2, 0.25) is 0 Å². The summed E-state index contributed by atoms with van der Waals surface area (Å²) >= 11 is 0.928. The maximum Gasteiger partial charge on any atom is 0.294 e. The zero-order valence-electron chi connectivity index (χ0n) is 30.3. The van der Waals surface area contributed by atoms with Crippen molar-refractivity contribution in [2.45, 2.75) is 80.9 Å². The van der Waals surface area contributed by atoms with Crippen molar-refractivity contribution in [3.8, 4) is 0 Å². The van der Waals surface area contributed by atoms with Gasteiger partial charge >= 0.3 is 0 Å². The number of allylic oxidation sites excluding steroid dienone is 6. The molecule has 2 heterocycles. The Labute approximate surface area is 309 Å². The van der Waals surface area contributed by atoms with Gasteiger partial charge in [-0.1, -0.05) is 37.1 Å². The summed E-state index contributed by atoms with van der Waals surface area (Å²) in [5, 5.41) is 12.3. The summed E-state index contributed by atoms with van der Waals surface area (Å²) in [4.78, 5) is 31.5. The van der Waals surface area contributed by atoms with Crippen molar-refractivity contribution in [1.82, 2.24) is 16.3 Å². The Morgan fingerprint density at radius 2 is 1.71 bits per heavy atom. The van der Waals surface area contributed by atoms with Gasteiger partial charge in [-0.3, -0.25) is 29.8 Å². The third-order valence-corrected chi connectivity index (χ3v) is 10.6. The number of nitrogens with zero attached hydrogens (tertiary/aromatic N) is 2. The van der Waals surface area contributed by atoms with Crippen LogP contribution in [-0.2, 0) is 44.7 Å². The first-order chi connectivity index (χ1) is 24.7. The summed E-state index contributed by atoms with van der Waals surface area (Å²) in [6.45, 7) is 11.6. The molecule has 282 valence electrons. The lowest BCUT2D eigenvalue weighted by Crippen LogP contribution is -2.43. The number of hydrogen-bond donors (Lipinski definition) is 5. The smallest absolute Gasteiger partial charge is 0.294 e. The van der Waals surface area contributed by atoms with E-state index >= 15 is 0 Å². The molecular weight excluding hydrogens is 711 g/mol. The predicted molar refractivity (Wildman–Crippen MR) is 198 cm³/mol. The number of likely N-dealkylation sites (N-methyl/N-ethyl adjacent to an activating group) is 1. The lowest BCUT2D eigenvalue weighted by atomic mass is 9.81. The van der Waals surface area contributed by atoms with Gasteiger partial charge in [-0.15, -0.1) is 4.33 Å². The molecule has 0 saturated carbocycles. The average molecular weight is 759 g/mol. The van der Waals surface area contributed by atoms with Gasteiger partial charge in [-0.05, 0) is 75.6 Å². The molecule has 4 rings (SSSR count). The van der Waals surface area contributed by atoms with Crippen LogP contribution in [0.25, 0.3) is 0 Å². The molecule has 0 radical (unpaired) electrons. The molecule has 0 atom stereocenters. The molecule has 0 saturated heterocycles. The molecular formula is C36H48N5O9S2+. The van der Waals surface area contributed by atoms with E-state index in [0.29, 0.717) is 13.0 Å². The highest BCUT2D eigenvalue weighted by Crippen LogP contribution is 2.49. The quantitative estimate of drug-likeness (QED) is 0.0264. The van der Waals surface area contributed by atoms with Crippen molar-refractivity contribution in [3.05, 3.63) is 83.6 Å². The van der Waals surface area contributed by atoms with Crippen LogP contribution in [0.5, 0.6) is 0 Å². The number of rotatable bonds is 17. The second kappa shape index (κ2) is 17.8. The molecule has 0 aliphatic carbocycles. The highest BCUT2D eigenvalue weighted by molar-refractivity contribution is 7.94. The molecule has 0 aromatic heterocycles. The van der Waals surface area contributed by atoms with Gasteiger partial charge < -0.3 is 4.90 Å². The molecule has 2 aliphatic rings. The van der Waals surface area contributed by atoms with E-state index in [4.69, 9.17) is 10.1 Å². The number of hydroxylamine groups is 1. The van der Waals surface area contributed by atoms with Crippen molar-refractivity contribution in [2.24, 2.45) is 0 Å². The Hall–Kier alpha value is -3.87. The second-order valence-corrected chi connectivity index (χ2v) is 15.5. The SMILES string of the molecule is CCN1/C(=C/C=C/C=C/C2=[N+](CCCCCC(=O)NNC(=O)CONC)c3ccc(S(=O)(=O)O)cc3C2(C)C)C(C)(C)c2cc(SOOO)ccc21. The van der Waals surface area contributed by atoms with Crippen LogP contribution in [0, 0.1) is 0 Å². The van der Waals surface area contributed by atoms with Gasteiger partial charge in [0.2, 0.25) is 11.6 Å². The minimum Gasteiger partial charge on any atom is -0.344 e. The highest BCUT2D eigenvalue weighted by atomic mass is 32.2. The van der Waals surface area contributed by atoms with E-state index in [1.807, 2.05) is 56.4 Å². The monoisotopic (exact) mass is 758 g/mol. The Morgan fingerprint density at radius 3 is 2.40 bits per heavy atom. The minimum atomic E-state index is -4.40. The second-order valence-electron chi connectivity index (χ2n) is 13.3. The third-order valence-electron chi connectivity index (χ3n) is 9.21. The summed E-state index contributed by atoms with van der Waals surface area (Å²) in [6, 6.07) is 10.6. The first-order valence-electron chi connectivity index (χ1n) is 16.9. The van der Waals surface area contributed by atoms with Gasteiger partial charge in [0.15, 0.2) is 5.71 Å². The Balaban J connectivity index is 1.51. The molecule has 2 aromatic rings. The molecule has 2 amide bonds. The molecule has 5 N–H and O–H groups in total. The van der Waals surface area contributed by atoms with E-state index in [1.54, 1.807) is 6.07 Å². The number of nitrogens with one attached hydrogen (secondary N) is 3. The van der Waals surface area contributed by atoms with Crippen LogP contribution >= 0.6 is 12.0 Å². The number of anilines is 1. The molecule has 52 heavy (non-hydrogen) atoms. The molecule has 0 bridgehead atoms. The number of benzene rings is 2. The average Bonchev–Trinajstić information content (AvgIpc) is 3.45. The Morgan fingerprint density at radius 1 is 0.962 bits per heavy atom. The number of fused-ring (bicyclic) bond motifs is 2. The maximum absolute atomic E-state index is 12.2. The van der Waals surface area contributed by atoms with Gasteiger partial charge in [0.1, 0.15) is 13.2 Å². The number of carbonyl (C=O) groups is 2. The van der Waals surface area contributed by atoms with Gasteiger partial charge in [0.05, 0.1) is 22.4 Å². The first kappa shape index (κ1) is 40.9.